The number of aryl methyl sites for hydroxylation is 3. The highest BCUT2D eigenvalue weighted by Gasteiger charge is 2.09. The lowest BCUT2D eigenvalue weighted by atomic mass is 9.96. The Morgan fingerprint density at radius 1 is 1.00 bits per heavy atom. The third kappa shape index (κ3) is 6.31. The molecule has 2 aromatic rings. The quantitative estimate of drug-likeness (QED) is 0.645. The van der Waals surface area contributed by atoms with Crippen molar-refractivity contribution < 1.29 is 19.1 Å². The monoisotopic (exact) mass is 355 g/mol. The standard InChI is InChI=1S/C21H25NO4/c1-3-18-8-6-16(7-10-20(23)25-2)13-19(18)9-11-21(24)26-15-17-5-4-12-22-14-17/h4-6,8,12-14H,3,7,9-11,15H2,1-2H3. The second-order valence-electron chi connectivity index (χ2n) is 6.05. The van der Waals surface area contributed by atoms with Gasteiger partial charge in [0.2, 0.25) is 0 Å². The maximum absolute atomic E-state index is 12.0. The van der Waals surface area contributed by atoms with E-state index >= 15 is 0 Å². The van der Waals surface area contributed by atoms with Gasteiger partial charge in [-0.25, -0.2) is 0 Å². The molecule has 0 saturated heterocycles. The van der Waals surface area contributed by atoms with Crippen molar-refractivity contribution in [1.29, 1.82) is 0 Å². The van der Waals surface area contributed by atoms with Crippen LogP contribution in [-0.2, 0) is 44.9 Å². The van der Waals surface area contributed by atoms with Gasteiger partial charge in [-0.1, -0.05) is 31.2 Å². The number of pyridine rings is 1. The average Bonchev–Trinajstić information content (AvgIpc) is 2.69. The first-order chi connectivity index (χ1) is 12.6. The van der Waals surface area contributed by atoms with Crippen LogP contribution in [0.3, 0.4) is 0 Å². The molecule has 0 saturated carbocycles. The molecule has 0 spiro atoms. The Hall–Kier alpha value is -2.69. The Bertz CT molecular complexity index is 728. The number of esters is 2. The summed E-state index contributed by atoms with van der Waals surface area (Å²) in [6.07, 6.45) is 6.22. The first-order valence-electron chi connectivity index (χ1n) is 8.84. The molecule has 2 rings (SSSR count). The molecular weight excluding hydrogens is 330 g/mol. The first-order valence-corrected chi connectivity index (χ1v) is 8.84. The van der Waals surface area contributed by atoms with Crippen molar-refractivity contribution in [1.82, 2.24) is 4.98 Å². The summed E-state index contributed by atoms with van der Waals surface area (Å²) in [5, 5.41) is 0. The molecule has 1 heterocycles. The van der Waals surface area contributed by atoms with Gasteiger partial charge in [0, 0.05) is 30.8 Å². The minimum Gasteiger partial charge on any atom is -0.469 e. The van der Waals surface area contributed by atoms with Gasteiger partial charge in [0.25, 0.3) is 0 Å². The fourth-order valence-electron chi connectivity index (χ4n) is 2.72. The van der Waals surface area contributed by atoms with Gasteiger partial charge in [0.05, 0.1) is 7.11 Å². The summed E-state index contributed by atoms with van der Waals surface area (Å²) >= 11 is 0. The van der Waals surface area contributed by atoms with Crippen LogP contribution in [0.25, 0.3) is 0 Å². The zero-order valence-corrected chi connectivity index (χ0v) is 15.4. The number of benzene rings is 1. The van der Waals surface area contributed by atoms with E-state index in [2.05, 4.69) is 28.8 Å². The Kier molecular flexibility index (Phi) is 7.80. The summed E-state index contributed by atoms with van der Waals surface area (Å²) in [5.41, 5.74) is 4.30. The SMILES string of the molecule is CCc1ccc(CCC(=O)OC)cc1CCC(=O)OCc1cccnc1. The zero-order chi connectivity index (χ0) is 18.8. The van der Waals surface area contributed by atoms with E-state index in [0.717, 1.165) is 23.1 Å². The molecule has 1 aromatic heterocycles. The number of hydrogen-bond acceptors (Lipinski definition) is 5. The summed E-state index contributed by atoms with van der Waals surface area (Å²) in [7, 11) is 1.39. The van der Waals surface area contributed by atoms with Gasteiger partial charge >= 0.3 is 11.9 Å². The van der Waals surface area contributed by atoms with Gasteiger partial charge in [-0.3, -0.25) is 14.6 Å². The van der Waals surface area contributed by atoms with Crippen molar-refractivity contribution in [3.8, 4) is 0 Å². The summed E-state index contributed by atoms with van der Waals surface area (Å²) in [6.45, 7) is 2.33. The fourth-order valence-corrected chi connectivity index (χ4v) is 2.72. The number of nitrogens with zero attached hydrogens (tertiary/aromatic N) is 1. The third-order valence-electron chi connectivity index (χ3n) is 4.22. The molecule has 0 unspecified atom stereocenters. The van der Waals surface area contributed by atoms with Crippen LogP contribution in [-0.4, -0.2) is 24.0 Å². The minimum atomic E-state index is -0.226. The second kappa shape index (κ2) is 10.3. The van der Waals surface area contributed by atoms with E-state index in [1.807, 2.05) is 18.2 Å². The van der Waals surface area contributed by atoms with Crippen molar-refractivity contribution in [2.24, 2.45) is 0 Å². The molecule has 0 aliphatic carbocycles. The van der Waals surface area contributed by atoms with Gasteiger partial charge in [0.1, 0.15) is 6.61 Å². The predicted octanol–water partition coefficient (Wildman–Crippen LogP) is 3.43. The van der Waals surface area contributed by atoms with Gasteiger partial charge in [-0.15, -0.1) is 0 Å². The third-order valence-corrected chi connectivity index (χ3v) is 4.22. The number of carbonyl (C=O) groups is 2. The summed E-state index contributed by atoms with van der Waals surface area (Å²) in [6, 6.07) is 9.88. The topological polar surface area (TPSA) is 65.5 Å². The number of methoxy groups -OCH3 is 1. The van der Waals surface area contributed by atoms with Gasteiger partial charge in [0.15, 0.2) is 0 Å². The van der Waals surface area contributed by atoms with Crippen molar-refractivity contribution >= 4 is 11.9 Å². The lowest BCUT2D eigenvalue weighted by molar-refractivity contribution is -0.145. The van der Waals surface area contributed by atoms with Crippen LogP contribution >= 0.6 is 0 Å². The molecule has 138 valence electrons. The van der Waals surface area contributed by atoms with E-state index in [4.69, 9.17) is 4.74 Å². The molecule has 0 N–H and O–H groups in total. The molecule has 5 heteroatoms. The summed E-state index contributed by atoms with van der Waals surface area (Å²) in [4.78, 5) is 27.3. The van der Waals surface area contributed by atoms with Crippen LogP contribution < -0.4 is 0 Å². The van der Waals surface area contributed by atoms with Crippen molar-refractivity contribution in [2.75, 3.05) is 7.11 Å². The van der Waals surface area contributed by atoms with E-state index in [-0.39, 0.29) is 18.5 Å². The number of rotatable bonds is 9. The Morgan fingerprint density at radius 3 is 2.50 bits per heavy atom. The Balaban J connectivity index is 1.89. The van der Waals surface area contributed by atoms with E-state index in [9.17, 15) is 9.59 Å². The van der Waals surface area contributed by atoms with Gasteiger partial charge in [-0.2, -0.15) is 0 Å². The molecule has 26 heavy (non-hydrogen) atoms. The summed E-state index contributed by atoms with van der Waals surface area (Å²) < 4.78 is 9.99. The van der Waals surface area contributed by atoms with Crippen LogP contribution in [0.15, 0.2) is 42.7 Å². The molecule has 5 nitrogen and oxygen atoms in total. The number of carbonyl (C=O) groups excluding carboxylic acids is 2. The minimum absolute atomic E-state index is 0.218. The average molecular weight is 355 g/mol. The van der Waals surface area contributed by atoms with Crippen molar-refractivity contribution in [3.63, 3.8) is 0 Å². The van der Waals surface area contributed by atoms with E-state index < -0.39 is 0 Å². The maximum Gasteiger partial charge on any atom is 0.306 e. The molecule has 0 amide bonds. The molecule has 0 bridgehead atoms. The number of ether oxygens (including phenoxy) is 2. The van der Waals surface area contributed by atoms with Gasteiger partial charge < -0.3 is 9.47 Å². The predicted molar refractivity (Wildman–Crippen MR) is 98.5 cm³/mol. The molecule has 0 atom stereocenters. The number of hydrogen-bond donors (Lipinski definition) is 0. The highest BCUT2D eigenvalue weighted by molar-refractivity contribution is 5.70. The van der Waals surface area contributed by atoms with Gasteiger partial charge in [-0.05, 0) is 42.0 Å². The highest BCUT2D eigenvalue weighted by Crippen LogP contribution is 2.17. The lowest BCUT2D eigenvalue weighted by Gasteiger charge is -2.11. The maximum atomic E-state index is 12.0. The molecule has 1 aromatic carbocycles. The molecule has 0 radical (unpaired) electrons. The normalized spacial score (nSPS) is 10.4. The van der Waals surface area contributed by atoms with Crippen LogP contribution in [0.1, 0.15) is 42.0 Å². The molecule has 0 aliphatic heterocycles. The lowest BCUT2D eigenvalue weighted by Crippen LogP contribution is -2.07. The highest BCUT2D eigenvalue weighted by atomic mass is 16.5. The molecule has 0 aliphatic rings. The largest absolute Gasteiger partial charge is 0.469 e. The fraction of sp³-hybridized carbons (Fsp3) is 0.381. The Morgan fingerprint density at radius 2 is 1.81 bits per heavy atom. The first kappa shape index (κ1) is 19.6. The smallest absolute Gasteiger partial charge is 0.306 e. The van der Waals surface area contributed by atoms with E-state index in [1.165, 1.54) is 12.7 Å². The van der Waals surface area contributed by atoms with Crippen LogP contribution in [0.2, 0.25) is 0 Å². The molecule has 0 fully saturated rings. The number of aromatic nitrogens is 1. The van der Waals surface area contributed by atoms with Crippen LogP contribution in [0.4, 0.5) is 0 Å². The van der Waals surface area contributed by atoms with Crippen LogP contribution in [0.5, 0.6) is 0 Å². The zero-order valence-electron chi connectivity index (χ0n) is 15.4. The van der Waals surface area contributed by atoms with Crippen molar-refractivity contribution in [3.05, 3.63) is 65.0 Å². The molecular formula is C21H25NO4. The second-order valence-corrected chi connectivity index (χ2v) is 6.05. The van der Waals surface area contributed by atoms with E-state index in [1.54, 1.807) is 12.4 Å². The van der Waals surface area contributed by atoms with Crippen LogP contribution in [0, 0.1) is 0 Å². The Labute approximate surface area is 154 Å². The van der Waals surface area contributed by atoms with Crippen molar-refractivity contribution in [2.45, 2.75) is 45.6 Å². The summed E-state index contributed by atoms with van der Waals surface area (Å²) in [5.74, 6) is -0.444. The van der Waals surface area contributed by atoms with E-state index in [0.29, 0.717) is 25.7 Å².